The third kappa shape index (κ3) is 4.40. The van der Waals surface area contributed by atoms with Gasteiger partial charge in [0, 0.05) is 10.1 Å². The fraction of sp³-hybridized carbons (Fsp3) is 0.500. The van der Waals surface area contributed by atoms with Crippen molar-refractivity contribution in [2.45, 2.75) is 37.0 Å². The van der Waals surface area contributed by atoms with Crippen LogP contribution in [0.2, 0.25) is 0 Å². The first-order valence-electron chi connectivity index (χ1n) is 6.92. The van der Waals surface area contributed by atoms with E-state index in [0.29, 0.717) is 16.0 Å². The SMILES string of the molecule is O=C(O)c1cc(S(=O)(=O)NCC2CCCCC2)ccc1I. The Hall–Kier alpha value is -0.670. The van der Waals surface area contributed by atoms with Gasteiger partial charge in [-0.05, 0) is 59.5 Å². The van der Waals surface area contributed by atoms with Crippen molar-refractivity contribution in [3.8, 4) is 0 Å². The summed E-state index contributed by atoms with van der Waals surface area (Å²) in [6, 6.07) is 4.17. The summed E-state index contributed by atoms with van der Waals surface area (Å²) in [7, 11) is -3.65. The van der Waals surface area contributed by atoms with Crippen LogP contribution in [0.25, 0.3) is 0 Å². The molecule has 0 atom stereocenters. The monoisotopic (exact) mass is 423 g/mol. The van der Waals surface area contributed by atoms with Crippen molar-refractivity contribution in [1.82, 2.24) is 4.72 Å². The molecule has 1 aliphatic rings. The van der Waals surface area contributed by atoms with Crippen molar-refractivity contribution in [3.63, 3.8) is 0 Å². The van der Waals surface area contributed by atoms with Crippen LogP contribution in [0.15, 0.2) is 23.1 Å². The van der Waals surface area contributed by atoms with E-state index in [-0.39, 0.29) is 10.5 Å². The summed E-state index contributed by atoms with van der Waals surface area (Å²) in [5.74, 6) is -0.736. The highest BCUT2D eigenvalue weighted by Gasteiger charge is 2.20. The number of hydrogen-bond acceptors (Lipinski definition) is 3. The first-order chi connectivity index (χ1) is 9.90. The average molecular weight is 423 g/mol. The second-order valence-electron chi connectivity index (χ2n) is 5.30. The molecule has 0 aliphatic heterocycles. The van der Waals surface area contributed by atoms with E-state index in [4.69, 9.17) is 5.11 Å². The molecule has 5 nitrogen and oxygen atoms in total. The summed E-state index contributed by atoms with van der Waals surface area (Å²) in [5.41, 5.74) is 0.0103. The molecule has 0 aromatic heterocycles. The zero-order valence-electron chi connectivity index (χ0n) is 11.5. The molecule has 0 heterocycles. The van der Waals surface area contributed by atoms with Crippen molar-refractivity contribution in [2.75, 3.05) is 6.54 Å². The molecule has 2 N–H and O–H groups in total. The van der Waals surface area contributed by atoms with E-state index < -0.39 is 16.0 Å². The molecule has 0 radical (unpaired) electrons. The second-order valence-corrected chi connectivity index (χ2v) is 8.23. The second kappa shape index (κ2) is 7.06. The molecule has 2 rings (SSSR count). The number of halogens is 1. The Morgan fingerprint density at radius 3 is 2.57 bits per heavy atom. The van der Waals surface area contributed by atoms with Crippen LogP contribution in [0, 0.1) is 9.49 Å². The summed E-state index contributed by atoms with van der Waals surface area (Å²) >= 11 is 1.88. The molecule has 1 aromatic carbocycles. The Balaban J connectivity index is 2.11. The molecule has 0 bridgehead atoms. The number of carboxylic acids is 1. The van der Waals surface area contributed by atoms with E-state index >= 15 is 0 Å². The number of nitrogens with one attached hydrogen (secondary N) is 1. The number of carbonyl (C=O) groups is 1. The van der Waals surface area contributed by atoms with Gasteiger partial charge in [0.25, 0.3) is 0 Å². The fourth-order valence-corrected chi connectivity index (χ4v) is 4.25. The maximum atomic E-state index is 12.3. The number of rotatable bonds is 5. The van der Waals surface area contributed by atoms with Gasteiger partial charge in [-0.3, -0.25) is 0 Å². The van der Waals surface area contributed by atoms with Gasteiger partial charge in [0.15, 0.2) is 0 Å². The number of carboxylic acid groups (broad SMARTS) is 1. The van der Waals surface area contributed by atoms with Gasteiger partial charge in [-0.15, -0.1) is 0 Å². The molecule has 116 valence electrons. The maximum absolute atomic E-state index is 12.3. The minimum atomic E-state index is -3.65. The van der Waals surface area contributed by atoms with Crippen molar-refractivity contribution in [3.05, 3.63) is 27.3 Å². The van der Waals surface area contributed by atoms with Crippen LogP contribution in [0.5, 0.6) is 0 Å². The standard InChI is InChI=1S/C14H18INO4S/c15-13-7-6-11(8-12(13)14(17)18)21(19,20)16-9-10-4-2-1-3-5-10/h6-8,10,16H,1-5,9H2,(H,17,18). The topological polar surface area (TPSA) is 83.5 Å². The maximum Gasteiger partial charge on any atom is 0.336 e. The summed E-state index contributed by atoms with van der Waals surface area (Å²) in [5, 5.41) is 9.07. The van der Waals surface area contributed by atoms with E-state index in [0.717, 1.165) is 25.7 Å². The Morgan fingerprint density at radius 2 is 1.95 bits per heavy atom. The first kappa shape index (κ1) is 16.7. The van der Waals surface area contributed by atoms with Crippen LogP contribution in [0.4, 0.5) is 0 Å². The number of hydrogen-bond donors (Lipinski definition) is 2. The van der Waals surface area contributed by atoms with Gasteiger partial charge in [-0.25, -0.2) is 17.9 Å². The smallest absolute Gasteiger partial charge is 0.336 e. The molecule has 1 fully saturated rings. The molecular formula is C14H18INO4S. The summed E-state index contributed by atoms with van der Waals surface area (Å²) in [4.78, 5) is 11.1. The lowest BCUT2D eigenvalue weighted by Crippen LogP contribution is -2.30. The fourth-order valence-electron chi connectivity index (χ4n) is 2.54. The first-order valence-corrected chi connectivity index (χ1v) is 9.49. The van der Waals surface area contributed by atoms with E-state index in [1.165, 1.54) is 24.6 Å². The highest BCUT2D eigenvalue weighted by atomic mass is 127. The predicted molar refractivity (Wildman–Crippen MR) is 87.9 cm³/mol. The molecular weight excluding hydrogens is 405 g/mol. The number of sulfonamides is 1. The van der Waals surface area contributed by atoms with Crippen LogP contribution in [0.1, 0.15) is 42.5 Å². The van der Waals surface area contributed by atoms with Gasteiger partial charge >= 0.3 is 5.97 Å². The minimum absolute atomic E-state index is 0.0103. The van der Waals surface area contributed by atoms with Crippen LogP contribution in [0.3, 0.4) is 0 Å². The van der Waals surface area contributed by atoms with Crippen molar-refractivity contribution < 1.29 is 18.3 Å². The Morgan fingerprint density at radius 1 is 1.29 bits per heavy atom. The quantitative estimate of drug-likeness (QED) is 0.714. The lowest BCUT2D eigenvalue weighted by molar-refractivity contribution is 0.0695. The van der Waals surface area contributed by atoms with Crippen LogP contribution in [-0.2, 0) is 10.0 Å². The molecule has 0 unspecified atom stereocenters. The highest BCUT2D eigenvalue weighted by molar-refractivity contribution is 14.1. The highest BCUT2D eigenvalue weighted by Crippen LogP contribution is 2.24. The predicted octanol–water partition coefficient (Wildman–Crippen LogP) is 2.85. The largest absolute Gasteiger partial charge is 0.478 e. The van der Waals surface area contributed by atoms with Crippen molar-refractivity contribution >= 4 is 38.6 Å². The minimum Gasteiger partial charge on any atom is -0.478 e. The van der Waals surface area contributed by atoms with E-state index in [2.05, 4.69) is 4.72 Å². The molecule has 0 saturated heterocycles. The van der Waals surface area contributed by atoms with Gasteiger partial charge < -0.3 is 5.11 Å². The zero-order chi connectivity index (χ0) is 15.5. The zero-order valence-corrected chi connectivity index (χ0v) is 14.5. The molecule has 1 saturated carbocycles. The molecule has 0 spiro atoms. The van der Waals surface area contributed by atoms with Gasteiger partial charge in [0.05, 0.1) is 10.5 Å². The third-order valence-electron chi connectivity index (χ3n) is 3.77. The Bertz CT molecular complexity index is 624. The summed E-state index contributed by atoms with van der Waals surface area (Å²) < 4.78 is 27.6. The number of aromatic carboxylic acids is 1. The van der Waals surface area contributed by atoms with E-state index in [9.17, 15) is 13.2 Å². The molecule has 1 aliphatic carbocycles. The van der Waals surface area contributed by atoms with E-state index in [1.807, 2.05) is 22.6 Å². The van der Waals surface area contributed by atoms with Gasteiger partial charge in [0.2, 0.25) is 10.0 Å². The lowest BCUT2D eigenvalue weighted by Gasteiger charge is -2.21. The van der Waals surface area contributed by atoms with Crippen LogP contribution in [-0.4, -0.2) is 26.0 Å². The lowest BCUT2D eigenvalue weighted by atomic mass is 9.90. The van der Waals surface area contributed by atoms with Gasteiger partial charge in [-0.2, -0.15) is 0 Å². The normalized spacial score (nSPS) is 16.8. The summed E-state index contributed by atoms with van der Waals surface area (Å²) in [6.45, 7) is 0.427. The van der Waals surface area contributed by atoms with E-state index in [1.54, 1.807) is 0 Å². The van der Waals surface area contributed by atoms with Crippen LogP contribution < -0.4 is 4.72 Å². The Kier molecular flexibility index (Phi) is 5.61. The number of benzene rings is 1. The average Bonchev–Trinajstić information content (AvgIpc) is 2.46. The Labute approximate surface area is 138 Å². The van der Waals surface area contributed by atoms with Crippen LogP contribution >= 0.6 is 22.6 Å². The van der Waals surface area contributed by atoms with Gasteiger partial charge in [0.1, 0.15) is 0 Å². The third-order valence-corrected chi connectivity index (χ3v) is 6.13. The van der Waals surface area contributed by atoms with Crippen molar-refractivity contribution in [2.24, 2.45) is 5.92 Å². The van der Waals surface area contributed by atoms with Crippen molar-refractivity contribution in [1.29, 1.82) is 0 Å². The molecule has 1 aromatic rings. The molecule has 21 heavy (non-hydrogen) atoms. The summed E-state index contributed by atoms with van der Waals surface area (Å²) in [6.07, 6.45) is 5.63. The van der Waals surface area contributed by atoms with Gasteiger partial charge in [-0.1, -0.05) is 19.3 Å². The molecule has 0 amide bonds. The molecule has 7 heteroatoms.